The van der Waals surface area contributed by atoms with Gasteiger partial charge in [0.2, 0.25) is 0 Å². The van der Waals surface area contributed by atoms with Crippen LogP contribution >= 0.6 is 0 Å². The number of carbonyl (C=O) groups is 1. The van der Waals surface area contributed by atoms with Crippen LogP contribution in [0.2, 0.25) is 0 Å². The van der Waals surface area contributed by atoms with E-state index in [1.807, 2.05) is 21.1 Å². The molecular weight excluding hydrogens is 130 g/mol. The summed E-state index contributed by atoms with van der Waals surface area (Å²) < 4.78 is 0.370. The van der Waals surface area contributed by atoms with Crippen LogP contribution in [0.25, 0.3) is 0 Å². The van der Waals surface area contributed by atoms with E-state index >= 15 is 0 Å². The largest absolute Gasteiger partial charge is 0.544 e. The zero-order valence-electron chi connectivity index (χ0n) is 7.26. The molecule has 0 unspecified atom stereocenters. The molecule has 0 fully saturated rings. The Labute approximate surface area is 61.9 Å². The fourth-order valence-electron chi connectivity index (χ4n) is 0.274. The zero-order chi connectivity index (χ0) is 8.58. The Hall–Kier alpha value is -0.570. The summed E-state index contributed by atoms with van der Waals surface area (Å²) in [4.78, 5) is 10.5. The van der Waals surface area contributed by atoms with Crippen molar-refractivity contribution in [2.24, 2.45) is 0 Å². The summed E-state index contributed by atoms with van der Waals surface area (Å²) >= 11 is 0. The molecule has 10 heavy (non-hydrogen) atoms. The molecular formula is C7H15NO2. The summed E-state index contributed by atoms with van der Waals surface area (Å²) in [7, 11) is 5.49. The summed E-state index contributed by atoms with van der Waals surface area (Å²) in [5.74, 6) is -1.01. The molecule has 0 amide bonds. The topological polar surface area (TPSA) is 40.1 Å². The quantitative estimate of drug-likeness (QED) is 0.478. The summed E-state index contributed by atoms with van der Waals surface area (Å²) in [5.41, 5.74) is -0.819. The van der Waals surface area contributed by atoms with Crippen LogP contribution in [-0.2, 0) is 4.79 Å². The summed E-state index contributed by atoms with van der Waals surface area (Å²) in [5, 5.41) is 10.5. The van der Waals surface area contributed by atoms with Gasteiger partial charge in [-0.25, -0.2) is 0 Å². The normalized spacial score (nSPS) is 13.3. The first-order valence-corrected chi connectivity index (χ1v) is 3.22. The lowest BCUT2D eigenvalue weighted by Gasteiger charge is -2.41. The number of carboxylic acid groups (broad SMARTS) is 1. The summed E-state index contributed by atoms with van der Waals surface area (Å²) in [6.07, 6.45) is 0. The van der Waals surface area contributed by atoms with E-state index in [2.05, 4.69) is 0 Å². The Morgan fingerprint density at radius 2 is 1.60 bits per heavy atom. The SMILES string of the molecule is CC(C)(C(=O)[O-])[N+](C)(C)C. The van der Waals surface area contributed by atoms with Crippen LogP contribution in [0.15, 0.2) is 0 Å². The second kappa shape index (κ2) is 2.23. The Bertz CT molecular complexity index is 144. The van der Waals surface area contributed by atoms with Gasteiger partial charge in [0.25, 0.3) is 0 Å². The van der Waals surface area contributed by atoms with Crippen LogP contribution < -0.4 is 5.11 Å². The van der Waals surface area contributed by atoms with Crippen LogP contribution in [0.3, 0.4) is 0 Å². The van der Waals surface area contributed by atoms with Gasteiger partial charge in [-0.2, -0.15) is 0 Å². The third-order valence-corrected chi connectivity index (χ3v) is 2.18. The second-order valence-electron chi connectivity index (χ2n) is 3.86. The smallest absolute Gasteiger partial charge is 0.133 e. The predicted octanol–water partition coefficient (Wildman–Crippen LogP) is -0.779. The Balaban J connectivity index is 4.57. The first-order valence-electron chi connectivity index (χ1n) is 3.22. The Morgan fingerprint density at radius 1 is 1.30 bits per heavy atom. The molecule has 0 aliphatic rings. The van der Waals surface area contributed by atoms with Gasteiger partial charge in [-0.05, 0) is 13.8 Å². The van der Waals surface area contributed by atoms with Gasteiger partial charge in [0.1, 0.15) is 11.5 Å². The minimum Gasteiger partial charge on any atom is -0.544 e. The van der Waals surface area contributed by atoms with Crippen LogP contribution in [0.5, 0.6) is 0 Å². The van der Waals surface area contributed by atoms with Crippen LogP contribution in [0, 0.1) is 0 Å². The molecule has 0 aromatic carbocycles. The maximum atomic E-state index is 10.5. The lowest BCUT2D eigenvalue weighted by molar-refractivity contribution is -0.911. The monoisotopic (exact) mass is 145 g/mol. The van der Waals surface area contributed by atoms with Crippen LogP contribution in [0.4, 0.5) is 0 Å². The highest BCUT2D eigenvalue weighted by Crippen LogP contribution is 2.15. The Kier molecular flexibility index (Phi) is 2.11. The molecule has 0 spiro atoms. The predicted molar refractivity (Wildman–Crippen MR) is 37.1 cm³/mol. The summed E-state index contributed by atoms with van der Waals surface area (Å²) in [6.45, 7) is 3.31. The number of quaternary nitrogens is 1. The second-order valence-corrected chi connectivity index (χ2v) is 3.86. The van der Waals surface area contributed by atoms with Crippen molar-refractivity contribution in [3.8, 4) is 0 Å². The molecule has 0 atom stereocenters. The van der Waals surface area contributed by atoms with E-state index in [0.29, 0.717) is 4.48 Å². The molecule has 0 saturated heterocycles. The molecule has 0 saturated carbocycles. The van der Waals surface area contributed by atoms with Crippen molar-refractivity contribution in [1.82, 2.24) is 0 Å². The molecule has 3 heteroatoms. The summed E-state index contributed by atoms with van der Waals surface area (Å²) in [6, 6.07) is 0. The van der Waals surface area contributed by atoms with E-state index in [0.717, 1.165) is 0 Å². The van der Waals surface area contributed by atoms with E-state index in [1.54, 1.807) is 13.8 Å². The molecule has 0 N–H and O–H groups in total. The van der Waals surface area contributed by atoms with Crippen molar-refractivity contribution in [3.05, 3.63) is 0 Å². The number of aliphatic carboxylic acids is 1. The van der Waals surface area contributed by atoms with Gasteiger partial charge < -0.3 is 14.4 Å². The molecule has 0 heterocycles. The molecule has 0 aliphatic heterocycles. The minimum atomic E-state index is -1.01. The number of rotatable bonds is 2. The number of hydrogen-bond acceptors (Lipinski definition) is 2. The number of carboxylic acids is 1. The van der Waals surface area contributed by atoms with E-state index in [1.165, 1.54) is 0 Å². The van der Waals surface area contributed by atoms with Gasteiger partial charge in [0.15, 0.2) is 0 Å². The van der Waals surface area contributed by atoms with Crippen molar-refractivity contribution in [3.63, 3.8) is 0 Å². The molecule has 0 bridgehead atoms. The van der Waals surface area contributed by atoms with Gasteiger partial charge in [-0.15, -0.1) is 0 Å². The van der Waals surface area contributed by atoms with Gasteiger partial charge in [-0.3, -0.25) is 0 Å². The highest BCUT2D eigenvalue weighted by atomic mass is 16.4. The van der Waals surface area contributed by atoms with E-state index in [9.17, 15) is 9.90 Å². The van der Waals surface area contributed by atoms with Crippen molar-refractivity contribution in [2.75, 3.05) is 21.1 Å². The van der Waals surface area contributed by atoms with E-state index in [-0.39, 0.29) is 0 Å². The van der Waals surface area contributed by atoms with Gasteiger partial charge in [-0.1, -0.05) is 0 Å². The van der Waals surface area contributed by atoms with E-state index < -0.39 is 11.5 Å². The number of hydrogen-bond donors (Lipinski definition) is 0. The lowest BCUT2D eigenvalue weighted by atomic mass is 10.0. The Morgan fingerprint density at radius 3 is 1.60 bits per heavy atom. The van der Waals surface area contributed by atoms with E-state index in [4.69, 9.17) is 0 Å². The fourth-order valence-corrected chi connectivity index (χ4v) is 0.274. The van der Waals surface area contributed by atoms with Crippen LogP contribution in [-0.4, -0.2) is 37.1 Å². The molecule has 0 aliphatic carbocycles. The van der Waals surface area contributed by atoms with Gasteiger partial charge in [0, 0.05) is 0 Å². The fraction of sp³-hybridized carbons (Fsp3) is 0.857. The van der Waals surface area contributed by atoms with Crippen LogP contribution in [0.1, 0.15) is 13.8 Å². The molecule has 0 radical (unpaired) electrons. The molecule has 3 nitrogen and oxygen atoms in total. The highest BCUT2D eigenvalue weighted by molar-refractivity contribution is 5.73. The van der Waals surface area contributed by atoms with Crippen molar-refractivity contribution in [2.45, 2.75) is 19.4 Å². The average Bonchev–Trinajstić information content (AvgIpc) is 1.62. The molecule has 0 rings (SSSR count). The first kappa shape index (κ1) is 9.43. The number of likely N-dealkylation sites (N-methyl/N-ethyl adjacent to an activating group) is 1. The first-order chi connectivity index (χ1) is 4.19. The molecule has 60 valence electrons. The third-order valence-electron chi connectivity index (χ3n) is 2.18. The van der Waals surface area contributed by atoms with Gasteiger partial charge >= 0.3 is 0 Å². The minimum absolute atomic E-state index is 0.370. The maximum absolute atomic E-state index is 10.5. The van der Waals surface area contributed by atoms with Crippen molar-refractivity contribution >= 4 is 5.97 Å². The van der Waals surface area contributed by atoms with Crippen molar-refractivity contribution in [1.29, 1.82) is 0 Å². The number of carbonyl (C=O) groups excluding carboxylic acids is 1. The highest BCUT2D eigenvalue weighted by Gasteiger charge is 2.33. The van der Waals surface area contributed by atoms with Gasteiger partial charge in [0.05, 0.1) is 21.1 Å². The number of nitrogens with zero attached hydrogens (tertiary/aromatic N) is 1. The standard InChI is InChI=1S/C7H15NO2/c1-7(2,6(9)10)8(3,4)5/h1-5H3. The average molecular weight is 145 g/mol. The van der Waals surface area contributed by atoms with Crippen molar-refractivity contribution < 1.29 is 14.4 Å². The molecule has 0 aromatic heterocycles. The third kappa shape index (κ3) is 1.48. The lowest BCUT2D eigenvalue weighted by Crippen LogP contribution is -2.62. The zero-order valence-corrected chi connectivity index (χ0v) is 7.26. The molecule has 0 aromatic rings. The maximum Gasteiger partial charge on any atom is 0.133 e.